The van der Waals surface area contributed by atoms with E-state index in [2.05, 4.69) is 26.9 Å². The molecule has 0 spiro atoms. The Labute approximate surface area is 127 Å². The molecule has 1 aliphatic heterocycles. The van der Waals surface area contributed by atoms with Gasteiger partial charge in [-0.3, -0.25) is 4.90 Å². The lowest BCUT2D eigenvalue weighted by atomic mass is 10.2. The molecule has 5 nitrogen and oxygen atoms in total. The van der Waals surface area contributed by atoms with Gasteiger partial charge >= 0.3 is 0 Å². The molecule has 0 bridgehead atoms. The number of rotatable bonds is 5. The van der Waals surface area contributed by atoms with Gasteiger partial charge in [-0.15, -0.1) is 0 Å². The maximum Gasteiger partial charge on any atom is 0.179 e. The van der Waals surface area contributed by atoms with Gasteiger partial charge in [-0.1, -0.05) is 15.9 Å². The largest absolute Gasteiger partial charge is 0.493 e. The molecular formula is C14H17BrN2O3. The van der Waals surface area contributed by atoms with E-state index < -0.39 is 0 Å². The van der Waals surface area contributed by atoms with Gasteiger partial charge in [0.1, 0.15) is 12.7 Å². The van der Waals surface area contributed by atoms with Gasteiger partial charge in [-0.25, -0.2) is 0 Å². The molecule has 1 aliphatic rings. The first-order valence-corrected chi connectivity index (χ1v) is 7.24. The molecule has 1 saturated heterocycles. The minimum atomic E-state index is 0.471. The van der Waals surface area contributed by atoms with E-state index >= 15 is 0 Å². The quantitative estimate of drug-likeness (QED) is 0.820. The molecule has 0 aromatic heterocycles. The predicted octanol–water partition coefficient (Wildman–Crippen LogP) is 2.04. The molecule has 1 aromatic carbocycles. The van der Waals surface area contributed by atoms with Crippen LogP contribution in [0.3, 0.4) is 0 Å². The number of hydrogen-bond acceptors (Lipinski definition) is 5. The maximum absolute atomic E-state index is 9.18. The minimum Gasteiger partial charge on any atom is -0.493 e. The maximum atomic E-state index is 9.18. The molecule has 1 fully saturated rings. The summed E-state index contributed by atoms with van der Waals surface area (Å²) in [5, 5.41) is 9.18. The third kappa shape index (κ3) is 3.85. The Hall–Kier alpha value is -1.29. The Kier molecular flexibility index (Phi) is 5.65. The van der Waals surface area contributed by atoms with Crippen LogP contribution in [-0.4, -0.2) is 51.5 Å². The van der Waals surface area contributed by atoms with E-state index in [0.29, 0.717) is 23.7 Å². The van der Waals surface area contributed by atoms with E-state index in [9.17, 15) is 5.26 Å². The Morgan fingerprint density at radius 2 is 2.15 bits per heavy atom. The first kappa shape index (κ1) is 15.1. The highest BCUT2D eigenvalue weighted by molar-refractivity contribution is 9.10. The lowest BCUT2D eigenvalue weighted by Gasteiger charge is -2.26. The molecule has 0 aliphatic carbocycles. The van der Waals surface area contributed by atoms with Crippen LogP contribution in [0, 0.1) is 11.3 Å². The standard InChI is InChI=1S/C14H17BrN2O3/c1-18-13-9-12(15)8-11(10-16)14(13)20-7-4-17-2-5-19-6-3-17/h8-9H,2-7H2,1H3. The van der Waals surface area contributed by atoms with Crippen molar-refractivity contribution in [2.24, 2.45) is 0 Å². The molecule has 6 heteroatoms. The van der Waals surface area contributed by atoms with E-state index in [1.54, 1.807) is 19.2 Å². The molecule has 1 heterocycles. The number of benzene rings is 1. The number of nitriles is 1. The summed E-state index contributed by atoms with van der Waals surface area (Å²) in [5.74, 6) is 1.07. The zero-order valence-electron chi connectivity index (χ0n) is 11.4. The minimum absolute atomic E-state index is 0.471. The molecule has 0 N–H and O–H groups in total. The predicted molar refractivity (Wildman–Crippen MR) is 78.2 cm³/mol. The lowest BCUT2D eigenvalue weighted by Crippen LogP contribution is -2.38. The van der Waals surface area contributed by atoms with Crippen molar-refractivity contribution in [3.8, 4) is 17.6 Å². The topological polar surface area (TPSA) is 54.7 Å². The Balaban J connectivity index is 1.99. The van der Waals surface area contributed by atoms with Crippen molar-refractivity contribution in [1.29, 1.82) is 5.26 Å². The molecule has 1 aromatic rings. The Morgan fingerprint density at radius 3 is 2.80 bits per heavy atom. The molecular weight excluding hydrogens is 324 g/mol. The van der Waals surface area contributed by atoms with Crippen LogP contribution in [0.2, 0.25) is 0 Å². The van der Waals surface area contributed by atoms with Crippen molar-refractivity contribution in [1.82, 2.24) is 4.90 Å². The van der Waals surface area contributed by atoms with E-state index in [-0.39, 0.29) is 0 Å². The summed E-state index contributed by atoms with van der Waals surface area (Å²) >= 11 is 3.35. The van der Waals surface area contributed by atoms with Crippen molar-refractivity contribution >= 4 is 15.9 Å². The van der Waals surface area contributed by atoms with Crippen molar-refractivity contribution in [3.05, 3.63) is 22.2 Å². The van der Waals surface area contributed by atoms with Crippen LogP contribution in [0.5, 0.6) is 11.5 Å². The lowest BCUT2D eigenvalue weighted by molar-refractivity contribution is 0.0321. The van der Waals surface area contributed by atoms with Gasteiger partial charge in [0.05, 0.1) is 25.9 Å². The highest BCUT2D eigenvalue weighted by Gasteiger charge is 2.14. The zero-order chi connectivity index (χ0) is 14.4. The summed E-state index contributed by atoms with van der Waals surface area (Å²) in [7, 11) is 1.57. The van der Waals surface area contributed by atoms with Gasteiger partial charge < -0.3 is 14.2 Å². The van der Waals surface area contributed by atoms with E-state index in [1.807, 2.05) is 0 Å². The van der Waals surface area contributed by atoms with Gasteiger partial charge in [0.15, 0.2) is 11.5 Å². The SMILES string of the molecule is COc1cc(Br)cc(C#N)c1OCCN1CCOCC1. The van der Waals surface area contributed by atoms with Crippen LogP contribution in [-0.2, 0) is 4.74 Å². The molecule has 108 valence electrons. The van der Waals surface area contributed by atoms with Crippen LogP contribution < -0.4 is 9.47 Å². The fraction of sp³-hybridized carbons (Fsp3) is 0.500. The van der Waals surface area contributed by atoms with Crippen LogP contribution in [0.15, 0.2) is 16.6 Å². The summed E-state index contributed by atoms with van der Waals surface area (Å²) in [6.45, 7) is 4.72. The second-order valence-electron chi connectivity index (χ2n) is 4.40. The van der Waals surface area contributed by atoms with E-state index in [1.165, 1.54) is 0 Å². The van der Waals surface area contributed by atoms with Crippen molar-refractivity contribution in [2.45, 2.75) is 0 Å². The second kappa shape index (κ2) is 7.48. The molecule has 20 heavy (non-hydrogen) atoms. The van der Waals surface area contributed by atoms with Gasteiger partial charge in [0, 0.05) is 24.1 Å². The fourth-order valence-electron chi connectivity index (χ4n) is 2.05. The summed E-state index contributed by atoms with van der Waals surface area (Å²) in [6, 6.07) is 5.66. The van der Waals surface area contributed by atoms with E-state index in [4.69, 9.17) is 14.2 Å². The normalized spacial score (nSPS) is 15.7. The van der Waals surface area contributed by atoms with Gasteiger partial charge in [-0.2, -0.15) is 5.26 Å². The average Bonchev–Trinajstić information content (AvgIpc) is 2.49. The van der Waals surface area contributed by atoms with Crippen LogP contribution >= 0.6 is 15.9 Å². The first-order chi connectivity index (χ1) is 9.74. The zero-order valence-corrected chi connectivity index (χ0v) is 13.0. The molecule has 2 rings (SSSR count). The molecule has 0 unspecified atom stereocenters. The van der Waals surface area contributed by atoms with Crippen molar-refractivity contribution in [3.63, 3.8) is 0 Å². The Morgan fingerprint density at radius 1 is 1.40 bits per heavy atom. The highest BCUT2D eigenvalue weighted by atomic mass is 79.9. The molecule has 0 amide bonds. The summed E-state index contributed by atoms with van der Waals surface area (Å²) in [6.07, 6.45) is 0. The van der Waals surface area contributed by atoms with Crippen LogP contribution in [0.1, 0.15) is 5.56 Å². The summed E-state index contributed by atoms with van der Waals surface area (Å²) in [4.78, 5) is 2.28. The van der Waals surface area contributed by atoms with E-state index in [0.717, 1.165) is 37.3 Å². The third-order valence-corrected chi connectivity index (χ3v) is 3.58. The summed E-state index contributed by atoms with van der Waals surface area (Å²) < 4.78 is 17.1. The van der Waals surface area contributed by atoms with Crippen LogP contribution in [0.4, 0.5) is 0 Å². The third-order valence-electron chi connectivity index (χ3n) is 3.12. The number of methoxy groups -OCH3 is 1. The monoisotopic (exact) mass is 340 g/mol. The number of nitrogens with zero attached hydrogens (tertiary/aromatic N) is 2. The average molecular weight is 341 g/mol. The fourth-order valence-corrected chi connectivity index (χ4v) is 2.49. The molecule has 0 radical (unpaired) electrons. The highest BCUT2D eigenvalue weighted by Crippen LogP contribution is 2.34. The number of hydrogen-bond donors (Lipinski definition) is 0. The van der Waals surface area contributed by atoms with Crippen LogP contribution in [0.25, 0.3) is 0 Å². The molecule has 0 atom stereocenters. The van der Waals surface area contributed by atoms with Crippen molar-refractivity contribution in [2.75, 3.05) is 46.6 Å². The molecule has 0 saturated carbocycles. The van der Waals surface area contributed by atoms with Gasteiger partial charge in [0.25, 0.3) is 0 Å². The second-order valence-corrected chi connectivity index (χ2v) is 5.31. The number of morpholine rings is 1. The summed E-state index contributed by atoms with van der Waals surface area (Å²) in [5.41, 5.74) is 0.471. The smallest absolute Gasteiger partial charge is 0.179 e. The van der Waals surface area contributed by atoms with Gasteiger partial charge in [0.2, 0.25) is 0 Å². The van der Waals surface area contributed by atoms with Crippen molar-refractivity contribution < 1.29 is 14.2 Å². The first-order valence-electron chi connectivity index (χ1n) is 6.45. The number of halogens is 1. The Bertz CT molecular complexity index is 496. The number of ether oxygens (including phenoxy) is 3. The van der Waals surface area contributed by atoms with Gasteiger partial charge in [-0.05, 0) is 12.1 Å².